The van der Waals surface area contributed by atoms with Crippen molar-refractivity contribution in [1.82, 2.24) is 9.55 Å². The minimum Gasteiger partial charge on any atom is -0.509 e. The van der Waals surface area contributed by atoms with E-state index >= 15 is 8.78 Å². The zero-order chi connectivity index (χ0) is 44.9. The van der Waals surface area contributed by atoms with Crippen LogP contribution in [0.1, 0.15) is 75.1 Å². The van der Waals surface area contributed by atoms with Crippen LogP contribution in [0.2, 0.25) is 0 Å². The van der Waals surface area contributed by atoms with Gasteiger partial charge in [0.25, 0.3) is 0 Å². The first-order valence-electron chi connectivity index (χ1n) is 22.4. The van der Waals surface area contributed by atoms with E-state index < -0.39 is 11.6 Å². The van der Waals surface area contributed by atoms with Gasteiger partial charge in [-0.3, -0.25) is 0 Å². The molecule has 5 nitrogen and oxygen atoms in total. The van der Waals surface area contributed by atoms with E-state index in [0.717, 1.165) is 91.0 Å². The van der Waals surface area contributed by atoms with Crippen LogP contribution in [0.5, 0.6) is 11.5 Å². The first kappa shape index (κ1) is 44.6. The van der Waals surface area contributed by atoms with Crippen LogP contribution in [0.15, 0.2) is 146 Å². The Balaban J connectivity index is 0.00000548. The van der Waals surface area contributed by atoms with Crippen LogP contribution < -0.4 is 14.5 Å². The number of benzene rings is 7. The van der Waals surface area contributed by atoms with Crippen molar-refractivity contribution in [3.63, 3.8) is 0 Å². The Morgan fingerprint density at radius 1 is 0.667 bits per heavy atom. The molecule has 0 radical (unpaired) electrons. The van der Waals surface area contributed by atoms with Crippen LogP contribution >= 0.6 is 0 Å². The largest absolute Gasteiger partial charge is 0.509 e. The molecule has 66 heavy (non-hydrogen) atoms. The van der Waals surface area contributed by atoms with E-state index in [1.807, 2.05) is 42.6 Å². The summed E-state index contributed by atoms with van der Waals surface area (Å²) in [5.74, 6) is 0.836. The minimum absolute atomic E-state index is 0. The Hall–Kier alpha value is -6.56. The van der Waals surface area contributed by atoms with Crippen LogP contribution in [-0.4, -0.2) is 9.55 Å². The van der Waals surface area contributed by atoms with Gasteiger partial charge in [-0.1, -0.05) is 107 Å². The van der Waals surface area contributed by atoms with Gasteiger partial charge in [0.1, 0.15) is 17.5 Å². The Morgan fingerprint density at radius 3 is 2.06 bits per heavy atom. The number of aromatic nitrogens is 2. The molecule has 0 fully saturated rings. The molecular weight excluding hydrogens is 1000 g/mol. The van der Waals surface area contributed by atoms with E-state index in [4.69, 9.17) is 9.72 Å². The molecule has 0 N–H and O–H groups in total. The Bertz CT molecular complexity index is 3220. The fourth-order valence-electron chi connectivity index (χ4n) is 9.32. The van der Waals surface area contributed by atoms with Crippen molar-refractivity contribution in [2.45, 2.75) is 66.2 Å². The molecule has 1 aliphatic heterocycles. The average molecular weight is 1050 g/mol. The van der Waals surface area contributed by atoms with Crippen molar-refractivity contribution in [3.8, 4) is 39.6 Å². The third kappa shape index (κ3) is 8.08. The second-order valence-electron chi connectivity index (χ2n) is 17.5. The number of aryl methyl sites for hydroxylation is 2. The number of hydrogen-bond acceptors (Lipinski definition) is 4. The molecule has 334 valence electrons. The van der Waals surface area contributed by atoms with Crippen LogP contribution in [0.4, 0.5) is 31.5 Å². The average Bonchev–Trinajstić information content (AvgIpc) is 3.85. The Kier molecular flexibility index (Phi) is 12.4. The molecule has 10 rings (SSSR count). The number of para-hydroxylation sites is 3. The van der Waals surface area contributed by atoms with Crippen LogP contribution in [-0.2, 0) is 27.5 Å². The summed E-state index contributed by atoms with van der Waals surface area (Å²) >= 11 is 0. The molecule has 0 atom stereocenters. The summed E-state index contributed by atoms with van der Waals surface area (Å²) in [5.41, 5.74) is 12.5. The van der Waals surface area contributed by atoms with Gasteiger partial charge in [0.2, 0.25) is 0 Å². The summed E-state index contributed by atoms with van der Waals surface area (Å²) in [6, 6.07) is 52.8. The van der Waals surface area contributed by atoms with Crippen LogP contribution in [0.3, 0.4) is 0 Å². The van der Waals surface area contributed by atoms with Crippen molar-refractivity contribution >= 4 is 44.6 Å². The fraction of sp³-hybridized carbons (Fsp3) is 0.172. The molecule has 0 amide bonds. The third-order valence-corrected chi connectivity index (χ3v) is 12.4. The maximum atomic E-state index is 15.3. The van der Waals surface area contributed by atoms with Gasteiger partial charge in [0.15, 0.2) is 0 Å². The molecule has 0 aliphatic carbocycles. The predicted molar refractivity (Wildman–Crippen MR) is 262 cm³/mol. The summed E-state index contributed by atoms with van der Waals surface area (Å²) in [4.78, 5) is 9.22. The number of hydrogen-bond donors (Lipinski definition) is 0. The van der Waals surface area contributed by atoms with Crippen molar-refractivity contribution in [2.24, 2.45) is 0 Å². The standard InChI is InChI=1S/C58H49F2N4O.Pt/c1-7-15-39-26-27-61-56(28-39)64-52-21-11-10-18-46(52)47-25-24-43(34-55(47)64)65-44-30-40(45-17-9-8-16-38(45)6)29-42(33-44)62-35-63(54-23-13-12-22-53(54)62)58-48(36(2)3)31-41(32-49(58)37(4)5)57-50(59)19-14-20-51(57)60;/h8-14,16-32,35-37H,7,15H2,1-6H3;/q-3;. The number of nitrogens with zero attached hydrogens (tertiary/aromatic N) is 4. The molecule has 1 aliphatic rings. The van der Waals surface area contributed by atoms with Gasteiger partial charge in [-0.25, -0.2) is 13.8 Å². The zero-order valence-corrected chi connectivity index (χ0v) is 40.0. The van der Waals surface area contributed by atoms with E-state index in [9.17, 15) is 0 Å². The molecule has 9 aromatic rings. The van der Waals surface area contributed by atoms with Gasteiger partial charge < -0.3 is 19.1 Å². The predicted octanol–water partition coefficient (Wildman–Crippen LogP) is 16.1. The zero-order valence-electron chi connectivity index (χ0n) is 37.8. The molecule has 0 spiro atoms. The molecule has 0 unspecified atom stereocenters. The van der Waals surface area contributed by atoms with Crippen molar-refractivity contribution in [2.75, 3.05) is 9.80 Å². The summed E-state index contributed by atoms with van der Waals surface area (Å²) in [7, 11) is 0. The van der Waals surface area contributed by atoms with Gasteiger partial charge in [-0.05, 0) is 119 Å². The molecule has 7 aromatic carbocycles. The van der Waals surface area contributed by atoms with Crippen LogP contribution in [0.25, 0.3) is 49.9 Å². The second-order valence-corrected chi connectivity index (χ2v) is 17.5. The summed E-state index contributed by atoms with van der Waals surface area (Å²) < 4.78 is 39.7. The molecule has 3 heterocycles. The topological polar surface area (TPSA) is 33.5 Å². The van der Waals surface area contributed by atoms with E-state index in [-0.39, 0.29) is 38.5 Å². The normalized spacial score (nSPS) is 12.4. The van der Waals surface area contributed by atoms with Crippen molar-refractivity contribution < 1.29 is 34.6 Å². The molecule has 8 heteroatoms. The van der Waals surface area contributed by atoms with Crippen molar-refractivity contribution in [1.29, 1.82) is 0 Å². The first-order valence-corrected chi connectivity index (χ1v) is 22.4. The number of ether oxygens (including phenoxy) is 1. The quantitative estimate of drug-likeness (QED) is 0.121. The third-order valence-electron chi connectivity index (χ3n) is 12.4. The molecule has 0 bridgehead atoms. The van der Waals surface area contributed by atoms with Crippen LogP contribution in [0, 0.1) is 37.4 Å². The minimum atomic E-state index is -0.581. The van der Waals surface area contributed by atoms with Gasteiger partial charge >= 0.3 is 0 Å². The number of rotatable bonds is 11. The van der Waals surface area contributed by atoms with Gasteiger partial charge in [0.05, 0.1) is 5.56 Å². The van der Waals surface area contributed by atoms with Gasteiger partial charge in [-0.2, -0.15) is 6.07 Å². The fourth-order valence-corrected chi connectivity index (χ4v) is 9.32. The molecule has 0 saturated carbocycles. The van der Waals surface area contributed by atoms with E-state index in [1.54, 1.807) is 0 Å². The molecule has 0 saturated heterocycles. The number of halogens is 2. The monoisotopic (exact) mass is 1050 g/mol. The second kappa shape index (κ2) is 18.4. The number of pyridine rings is 1. The van der Waals surface area contributed by atoms with E-state index in [2.05, 4.69) is 160 Å². The van der Waals surface area contributed by atoms with Crippen molar-refractivity contribution in [3.05, 3.63) is 198 Å². The summed E-state index contributed by atoms with van der Waals surface area (Å²) in [5, 5.41) is 2.18. The number of fused-ring (bicyclic) bond motifs is 4. The SMILES string of the molecule is CCCc1ccnc(-n2c3[c-]c(Oc4[c-]c(N5[CH-]N(c6c(C(C)C)cc(-c7c(F)cccc7F)cc6C(C)C)c6ccccc65)cc(-c5ccccc5C)c4)ccc3c3ccccc32)c1.[Pt]. The summed E-state index contributed by atoms with van der Waals surface area (Å²) in [6.07, 6.45) is 3.90. The Labute approximate surface area is 400 Å². The molecule has 2 aromatic heterocycles. The van der Waals surface area contributed by atoms with E-state index in [1.165, 1.54) is 23.8 Å². The molecular formula is C58H49F2N4OPt-3. The maximum absolute atomic E-state index is 15.3. The van der Waals surface area contributed by atoms with Gasteiger partial charge in [0, 0.05) is 61.3 Å². The summed E-state index contributed by atoms with van der Waals surface area (Å²) in [6.45, 7) is 14.9. The van der Waals surface area contributed by atoms with E-state index in [0.29, 0.717) is 17.1 Å². The van der Waals surface area contributed by atoms with Gasteiger partial charge in [-0.15, -0.1) is 53.6 Å². The smallest absolute Gasteiger partial charge is 0.135 e. The first-order chi connectivity index (χ1) is 31.6. The number of anilines is 4. The maximum Gasteiger partial charge on any atom is 0.135 e. The Morgan fingerprint density at radius 2 is 1.35 bits per heavy atom.